The van der Waals surface area contributed by atoms with Crippen molar-refractivity contribution in [1.29, 1.82) is 0 Å². The molecule has 0 aliphatic carbocycles. The predicted molar refractivity (Wildman–Crippen MR) is 75.2 cm³/mol. The van der Waals surface area contributed by atoms with Crippen molar-refractivity contribution in [2.45, 2.75) is 13.8 Å². The SMILES string of the molecule is Cc1nc(NN)c(C)c(Nc2ccc3c(c2)OCO3)n1. The molecule has 3 rings (SSSR count). The molecule has 0 fully saturated rings. The molecule has 4 N–H and O–H groups in total. The molecule has 1 aromatic carbocycles. The zero-order valence-corrected chi connectivity index (χ0v) is 11.2. The van der Waals surface area contributed by atoms with Gasteiger partial charge in [0.25, 0.3) is 0 Å². The minimum Gasteiger partial charge on any atom is -0.454 e. The maximum Gasteiger partial charge on any atom is 0.231 e. The average Bonchev–Trinajstić information content (AvgIpc) is 2.90. The largest absolute Gasteiger partial charge is 0.454 e. The van der Waals surface area contributed by atoms with Gasteiger partial charge in [0.15, 0.2) is 11.5 Å². The Labute approximate surface area is 116 Å². The lowest BCUT2D eigenvalue weighted by atomic mass is 10.2. The second-order valence-electron chi connectivity index (χ2n) is 4.43. The van der Waals surface area contributed by atoms with Gasteiger partial charge in [0, 0.05) is 17.3 Å². The number of nitrogens with one attached hydrogen (secondary N) is 2. The van der Waals surface area contributed by atoms with E-state index in [1.54, 1.807) is 0 Å². The highest BCUT2D eigenvalue weighted by molar-refractivity contribution is 5.67. The topological polar surface area (TPSA) is 94.3 Å². The average molecular weight is 273 g/mol. The Morgan fingerprint density at radius 1 is 1.10 bits per heavy atom. The number of nitrogens with two attached hydrogens (primary N) is 1. The van der Waals surface area contributed by atoms with Gasteiger partial charge in [0.1, 0.15) is 17.5 Å². The van der Waals surface area contributed by atoms with Crippen LogP contribution >= 0.6 is 0 Å². The van der Waals surface area contributed by atoms with Crippen molar-refractivity contribution >= 4 is 17.3 Å². The Hall–Kier alpha value is -2.54. The lowest BCUT2D eigenvalue weighted by molar-refractivity contribution is 0.174. The van der Waals surface area contributed by atoms with Crippen LogP contribution in [0.15, 0.2) is 18.2 Å². The number of aromatic nitrogens is 2. The van der Waals surface area contributed by atoms with Crippen LogP contribution in [0.1, 0.15) is 11.4 Å². The number of rotatable bonds is 3. The summed E-state index contributed by atoms with van der Waals surface area (Å²) in [6, 6.07) is 5.63. The van der Waals surface area contributed by atoms with Gasteiger partial charge in [-0.1, -0.05) is 0 Å². The van der Waals surface area contributed by atoms with E-state index in [9.17, 15) is 0 Å². The van der Waals surface area contributed by atoms with Gasteiger partial charge in [-0.3, -0.25) is 0 Å². The fourth-order valence-electron chi connectivity index (χ4n) is 2.00. The number of nitrogen functional groups attached to an aromatic ring is 1. The summed E-state index contributed by atoms with van der Waals surface area (Å²) in [4.78, 5) is 8.60. The number of aryl methyl sites for hydroxylation is 1. The molecular formula is C13H15N5O2. The van der Waals surface area contributed by atoms with Gasteiger partial charge in [-0.25, -0.2) is 15.8 Å². The van der Waals surface area contributed by atoms with Crippen molar-refractivity contribution in [3.05, 3.63) is 29.6 Å². The summed E-state index contributed by atoms with van der Waals surface area (Å²) in [7, 11) is 0. The molecular weight excluding hydrogens is 258 g/mol. The Morgan fingerprint density at radius 2 is 1.85 bits per heavy atom. The van der Waals surface area contributed by atoms with E-state index in [0.29, 0.717) is 17.5 Å². The minimum absolute atomic E-state index is 0.256. The fourth-order valence-corrected chi connectivity index (χ4v) is 2.00. The molecule has 1 aromatic heterocycles. The van der Waals surface area contributed by atoms with Crippen LogP contribution in [-0.4, -0.2) is 16.8 Å². The van der Waals surface area contributed by atoms with E-state index in [0.717, 1.165) is 22.7 Å². The molecule has 20 heavy (non-hydrogen) atoms. The van der Waals surface area contributed by atoms with Gasteiger partial charge in [-0.15, -0.1) is 0 Å². The fraction of sp³-hybridized carbons (Fsp3) is 0.231. The Morgan fingerprint density at radius 3 is 2.65 bits per heavy atom. The molecule has 0 spiro atoms. The molecule has 1 aliphatic rings. The number of benzene rings is 1. The first-order valence-electron chi connectivity index (χ1n) is 6.16. The van der Waals surface area contributed by atoms with Gasteiger partial charge in [0.05, 0.1) is 0 Å². The van der Waals surface area contributed by atoms with Crippen LogP contribution in [0.25, 0.3) is 0 Å². The zero-order valence-electron chi connectivity index (χ0n) is 11.2. The highest BCUT2D eigenvalue weighted by Gasteiger charge is 2.14. The molecule has 2 heterocycles. The number of hydrazine groups is 1. The van der Waals surface area contributed by atoms with E-state index in [-0.39, 0.29) is 6.79 Å². The molecule has 0 saturated carbocycles. The first-order chi connectivity index (χ1) is 9.67. The van der Waals surface area contributed by atoms with E-state index in [4.69, 9.17) is 15.3 Å². The second-order valence-corrected chi connectivity index (χ2v) is 4.43. The summed E-state index contributed by atoms with van der Waals surface area (Å²) >= 11 is 0. The number of anilines is 3. The van der Waals surface area contributed by atoms with Crippen LogP contribution in [0.3, 0.4) is 0 Å². The Bertz CT molecular complexity index is 659. The van der Waals surface area contributed by atoms with Crippen LogP contribution < -0.4 is 26.1 Å². The molecule has 2 aromatic rings. The first kappa shape index (κ1) is 12.5. The molecule has 104 valence electrons. The summed E-state index contributed by atoms with van der Waals surface area (Å²) in [5, 5.41) is 3.24. The van der Waals surface area contributed by atoms with Crippen molar-refractivity contribution in [2.24, 2.45) is 5.84 Å². The van der Waals surface area contributed by atoms with Crippen molar-refractivity contribution < 1.29 is 9.47 Å². The van der Waals surface area contributed by atoms with E-state index in [1.165, 1.54) is 0 Å². The van der Waals surface area contributed by atoms with Gasteiger partial charge in [-0.05, 0) is 26.0 Å². The van der Waals surface area contributed by atoms with E-state index in [2.05, 4.69) is 20.7 Å². The third kappa shape index (κ3) is 2.19. The molecule has 1 aliphatic heterocycles. The predicted octanol–water partition coefficient (Wildman–Crippen LogP) is 1.85. The van der Waals surface area contributed by atoms with Crippen LogP contribution in [0.2, 0.25) is 0 Å². The number of nitrogens with zero attached hydrogens (tertiary/aromatic N) is 2. The normalized spacial score (nSPS) is 12.3. The molecule has 0 radical (unpaired) electrons. The van der Waals surface area contributed by atoms with E-state index in [1.807, 2.05) is 32.0 Å². The van der Waals surface area contributed by atoms with E-state index < -0.39 is 0 Å². The first-order valence-corrected chi connectivity index (χ1v) is 6.16. The van der Waals surface area contributed by atoms with Crippen molar-refractivity contribution in [1.82, 2.24) is 9.97 Å². The molecule has 0 saturated heterocycles. The number of hydrogen-bond acceptors (Lipinski definition) is 7. The molecule has 7 nitrogen and oxygen atoms in total. The quantitative estimate of drug-likeness (QED) is 0.580. The molecule has 0 bridgehead atoms. The Kier molecular flexibility index (Phi) is 3.03. The smallest absolute Gasteiger partial charge is 0.231 e. The monoisotopic (exact) mass is 273 g/mol. The summed E-state index contributed by atoms with van der Waals surface area (Å²) in [6.45, 7) is 3.96. The maximum absolute atomic E-state index is 5.45. The Balaban J connectivity index is 1.93. The number of ether oxygens (including phenoxy) is 2. The zero-order chi connectivity index (χ0) is 14.1. The summed E-state index contributed by atoms with van der Waals surface area (Å²) in [5.74, 6) is 8.84. The highest BCUT2D eigenvalue weighted by Crippen LogP contribution is 2.35. The number of fused-ring (bicyclic) bond motifs is 1. The minimum atomic E-state index is 0.256. The lowest BCUT2D eigenvalue weighted by Gasteiger charge is -2.12. The van der Waals surface area contributed by atoms with Crippen LogP contribution in [0, 0.1) is 13.8 Å². The maximum atomic E-state index is 5.45. The van der Waals surface area contributed by atoms with Crippen molar-refractivity contribution in [3.8, 4) is 11.5 Å². The third-order valence-electron chi connectivity index (χ3n) is 3.03. The van der Waals surface area contributed by atoms with Crippen LogP contribution in [0.4, 0.5) is 17.3 Å². The molecule has 0 atom stereocenters. The summed E-state index contributed by atoms with van der Waals surface area (Å²) in [5.41, 5.74) is 4.27. The third-order valence-corrected chi connectivity index (χ3v) is 3.03. The van der Waals surface area contributed by atoms with Crippen LogP contribution in [0.5, 0.6) is 11.5 Å². The molecule has 7 heteroatoms. The van der Waals surface area contributed by atoms with Gasteiger partial charge in [-0.2, -0.15) is 0 Å². The van der Waals surface area contributed by atoms with Gasteiger partial charge >= 0.3 is 0 Å². The standard InChI is InChI=1S/C13H15N5O2/c1-7-12(15-8(2)16-13(7)18-14)17-9-3-4-10-11(5-9)20-6-19-10/h3-5H,6,14H2,1-2H3,(H2,15,16,17,18). The van der Waals surface area contributed by atoms with Gasteiger partial charge < -0.3 is 20.2 Å². The number of hydrogen-bond donors (Lipinski definition) is 3. The van der Waals surface area contributed by atoms with E-state index >= 15 is 0 Å². The van der Waals surface area contributed by atoms with Crippen molar-refractivity contribution in [3.63, 3.8) is 0 Å². The lowest BCUT2D eigenvalue weighted by Crippen LogP contribution is -2.13. The molecule has 0 unspecified atom stereocenters. The van der Waals surface area contributed by atoms with Crippen molar-refractivity contribution in [2.75, 3.05) is 17.5 Å². The molecule has 0 amide bonds. The summed E-state index contributed by atoms with van der Waals surface area (Å²) in [6.07, 6.45) is 0. The summed E-state index contributed by atoms with van der Waals surface area (Å²) < 4.78 is 10.6. The van der Waals surface area contributed by atoms with Crippen LogP contribution in [-0.2, 0) is 0 Å². The second kappa shape index (κ2) is 4.86. The van der Waals surface area contributed by atoms with Gasteiger partial charge in [0.2, 0.25) is 6.79 Å². The highest BCUT2D eigenvalue weighted by atomic mass is 16.7.